The third kappa shape index (κ3) is 4.30. The summed E-state index contributed by atoms with van der Waals surface area (Å²) in [4.78, 5) is 27.0. The van der Waals surface area contributed by atoms with Gasteiger partial charge in [0.05, 0.1) is 32.3 Å². The molecule has 0 saturated carbocycles. The van der Waals surface area contributed by atoms with E-state index in [1.54, 1.807) is 0 Å². The summed E-state index contributed by atoms with van der Waals surface area (Å²) < 4.78 is 5.65. The van der Waals surface area contributed by atoms with Gasteiger partial charge in [0.2, 0.25) is 0 Å². The Morgan fingerprint density at radius 3 is 2.57 bits per heavy atom. The number of anilines is 1. The minimum absolute atomic E-state index is 0.00150. The second kappa shape index (κ2) is 8.23. The first-order valence-corrected chi connectivity index (χ1v) is 9.47. The van der Waals surface area contributed by atoms with Gasteiger partial charge in [0.15, 0.2) is 16.0 Å². The fourth-order valence-corrected chi connectivity index (χ4v) is 4.07. The molecule has 3 rings (SSSR count). The van der Waals surface area contributed by atoms with Crippen molar-refractivity contribution in [1.29, 1.82) is 0 Å². The SMILES string of the molecule is COc1c(Cl)cc(C(=O)NC(=S)Nc2nc3ccc([N+](=O)[O-])cc3s2)cc1Cl. The Bertz CT molecular complexity index is 1100. The number of amides is 1. The van der Waals surface area contributed by atoms with Gasteiger partial charge in [-0.05, 0) is 30.4 Å². The zero-order chi connectivity index (χ0) is 20.4. The molecule has 2 N–H and O–H groups in total. The summed E-state index contributed by atoms with van der Waals surface area (Å²) in [6, 6.07) is 7.13. The Morgan fingerprint density at radius 1 is 1.29 bits per heavy atom. The number of carbonyl (C=O) groups is 1. The molecule has 144 valence electrons. The molecule has 3 aromatic rings. The Kier molecular flexibility index (Phi) is 5.94. The number of halogens is 2. The number of methoxy groups -OCH3 is 1. The van der Waals surface area contributed by atoms with E-state index < -0.39 is 10.8 Å². The van der Waals surface area contributed by atoms with Crippen LogP contribution in [0.5, 0.6) is 5.75 Å². The fourth-order valence-electron chi connectivity index (χ4n) is 2.27. The number of aromatic nitrogens is 1. The lowest BCUT2D eigenvalue weighted by molar-refractivity contribution is -0.384. The van der Waals surface area contributed by atoms with Gasteiger partial charge in [0.1, 0.15) is 0 Å². The molecule has 0 saturated heterocycles. The molecular weight excluding hydrogens is 447 g/mol. The molecule has 8 nitrogen and oxygen atoms in total. The summed E-state index contributed by atoms with van der Waals surface area (Å²) >= 11 is 18.4. The van der Waals surface area contributed by atoms with E-state index in [1.807, 2.05) is 0 Å². The van der Waals surface area contributed by atoms with E-state index in [0.29, 0.717) is 15.3 Å². The highest BCUT2D eigenvalue weighted by Gasteiger charge is 2.16. The largest absolute Gasteiger partial charge is 0.494 e. The van der Waals surface area contributed by atoms with Gasteiger partial charge in [-0.15, -0.1) is 0 Å². The van der Waals surface area contributed by atoms with E-state index >= 15 is 0 Å². The van der Waals surface area contributed by atoms with E-state index in [-0.39, 0.29) is 32.2 Å². The molecule has 12 heteroatoms. The van der Waals surface area contributed by atoms with Crippen LogP contribution in [0.15, 0.2) is 30.3 Å². The first-order chi connectivity index (χ1) is 13.3. The molecule has 0 aliphatic rings. The molecule has 2 aromatic carbocycles. The summed E-state index contributed by atoms with van der Waals surface area (Å²) in [7, 11) is 1.42. The number of fused-ring (bicyclic) bond motifs is 1. The van der Waals surface area contributed by atoms with Crippen LogP contribution in [-0.4, -0.2) is 28.0 Å². The van der Waals surface area contributed by atoms with Gasteiger partial charge in [-0.2, -0.15) is 0 Å². The van der Waals surface area contributed by atoms with Crippen molar-refractivity contribution >= 4 is 78.8 Å². The predicted molar refractivity (Wildman–Crippen MR) is 113 cm³/mol. The Balaban J connectivity index is 1.72. The number of thiazole rings is 1. The molecule has 0 fully saturated rings. The van der Waals surface area contributed by atoms with Crippen molar-refractivity contribution in [3.63, 3.8) is 0 Å². The number of non-ortho nitro benzene ring substituents is 1. The van der Waals surface area contributed by atoms with Gasteiger partial charge in [-0.25, -0.2) is 4.98 Å². The number of hydrogen-bond donors (Lipinski definition) is 2. The first-order valence-electron chi connectivity index (χ1n) is 7.49. The highest BCUT2D eigenvalue weighted by molar-refractivity contribution is 7.80. The second-order valence-corrected chi connectivity index (χ2v) is 7.56. The second-order valence-electron chi connectivity index (χ2n) is 5.31. The molecule has 0 aliphatic carbocycles. The van der Waals surface area contributed by atoms with Gasteiger partial charge in [-0.3, -0.25) is 20.2 Å². The molecule has 0 aliphatic heterocycles. The van der Waals surface area contributed by atoms with Gasteiger partial charge in [-0.1, -0.05) is 34.5 Å². The van der Waals surface area contributed by atoms with Crippen LogP contribution in [-0.2, 0) is 0 Å². The van der Waals surface area contributed by atoms with Gasteiger partial charge < -0.3 is 10.1 Å². The number of nitro benzene ring substituents is 1. The van der Waals surface area contributed by atoms with Crippen molar-refractivity contribution in [2.45, 2.75) is 0 Å². The molecule has 0 spiro atoms. The summed E-state index contributed by atoms with van der Waals surface area (Å²) in [5, 5.41) is 16.9. The van der Waals surface area contributed by atoms with Crippen molar-refractivity contribution in [2.24, 2.45) is 0 Å². The van der Waals surface area contributed by atoms with Crippen LogP contribution in [0.4, 0.5) is 10.8 Å². The van der Waals surface area contributed by atoms with Gasteiger partial charge >= 0.3 is 0 Å². The number of nitrogens with one attached hydrogen (secondary N) is 2. The summed E-state index contributed by atoms with van der Waals surface area (Å²) in [6.07, 6.45) is 0. The lowest BCUT2D eigenvalue weighted by atomic mass is 10.2. The zero-order valence-corrected chi connectivity index (χ0v) is 17.1. The zero-order valence-electron chi connectivity index (χ0n) is 14.0. The normalized spacial score (nSPS) is 10.5. The van der Waals surface area contributed by atoms with E-state index in [9.17, 15) is 14.9 Å². The third-order valence-corrected chi connectivity index (χ3v) is 5.19. The van der Waals surface area contributed by atoms with E-state index in [0.717, 1.165) is 0 Å². The summed E-state index contributed by atoms with van der Waals surface area (Å²) in [5.41, 5.74) is 0.729. The highest BCUT2D eigenvalue weighted by atomic mass is 35.5. The molecule has 1 aromatic heterocycles. The molecule has 0 atom stereocenters. The van der Waals surface area contributed by atoms with Crippen LogP contribution in [0.2, 0.25) is 10.0 Å². The molecule has 0 radical (unpaired) electrons. The predicted octanol–water partition coefficient (Wildman–Crippen LogP) is 4.65. The fraction of sp³-hybridized carbons (Fsp3) is 0.0625. The van der Waals surface area contributed by atoms with Crippen molar-refractivity contribution < 1.29 is 14.5 Å². The number of benzene rings is 2. The number of nitro groups is 1. The molecular formula is C16H10Cl2N4O4S2. The number of ether oxygens (including phenoxy) is 1. The number of hydrogen-bond acceptors (Lipinski definition) is 7. The molecule has 0 bridgehead atoms. The summed E-state index contributed by atoms with van der Waals surface area (Å²) in [6.45, 7) is 0. The van der Waals surface area contributed by atoms with Gasteiger partial charge in [0, 0.05) is 17.7 Å². The standard InChI is InChI=1S/C16H10Cl2N4O4S2/c1-26-13-9(17)4-7(5-10(13)18)14(23)20-15(27)21-16-19-11-3-2-8(22(24)25)6-12(11)28-16/h2-6H,1H3,(H2,19,20,21,23,27). The van der Waals surface area contributed by atoms with Crippen molar-refractivity contribution in [3.05, 3.63) is 56.1 Å². The third-order valence-electron chi connectivity index (χ3n) is 3.49. The molecule has 1 amide bonds. The minimum atomic E-state index is -0.527. The molecule has 1 heterocycles. The van der Waals surface area contributed by atoms with E-state index in [1.165, 1.54) is 48.8 Å². The Morgan fingerprint density at radius 2 is 1.96 bits per heavy atom. The van der Waals surface area contributed by atoms with Crippen molar-refractivity contribution in [2.75, 3.05) is 12.4 Å². The van der Waals surface area contributed by atoms with Crippen LogP contribution in [0.1, 0.15) is 10.4 Å². The van der Waals surface area contributed by atoms with Crippen molar-refractivity contribution in [1.82, 2.24) is 10.3 Å². The van der Waals surface area contributed by atoms with E-state index in [4.69, 9.17) is 40.2 Å². The van der Waals surface area contributed by atoms with Crippen LogP contribution in [0.3, 0.4) is 0 Å². The van der Waals surface area contributed by atoms with Crippen LogP contribution in [0.25, 0.3) is 10.2 Å². The average molecular weight is 457 g/mol. The molecule has 0 unspecified atom stereocenters. The number of nitrogens with zero attached hydrogens (tertiary/aromatic N) is 2. The average Bonchev–Trinajstić information content (AvgIpc) is 3.02. The lowest BCUT2D eigenvalue weighted by Gasteiger charge is -2.10. The van der Waals surface area contributed by atoms with Crippen LogP contribution >= 0.6 is 46.8 Å². The minimum Gasteiger partial charge on any atom is -0.494 e. The Hall–Kier alpha value is -2.53. The van der Waals surface area contributed by atoms with Gasteiger partial charge in [0.25, 0.3) is 11.6 Å². The number of rotatable bonds is 4. The number of carbonyl (C=O) groups excluding carboxylic acids is 1. The number of thiocarbonyl (C=S) groups is 1. The van der Waals surface area contributed by atoms with Crippen molar-refractivity contribution in [3.8, 4) is 5.75 Å². The maximum absolute atomic E-state index is 12.4. The smallest absolute Gasteiger partial charge is 0.270 e. The first kappa shape index (κ1) is 20.2. The quantitative estimate of drug-likeness (QED) is 0.334. The summed E-state index contributed by atoms with van der Waals surface area (Å²) in [5.74, 6) is -0.259. The highest BCUT2D eigenvalue weighted by Crippen LogP contribution is 2.34. The van der Waals surface area contributed by atoms with E-state index in [2.05, 4.69) is 15.6 Å². The van der Waals surface area contributed by atoms with Crippen LogP contribution in [0, 0.1) is 10.1 Å². The van der Waals surface area contributed by atoms with Crippen LogP contribution < -0.4 is 15.4 Å². The molecule has 28 heavy (non-hydrogen) atoms. The lowest BCUT2D eigenvalue weighted by Crippen LogP contribution is -2.34. The Labute approximate surface area is 177 Å². The maximum atomic E-state index is 12.4. The monoisotopic (exact) mass is 456 g/mol. The maximum Gasteiger partial charge on any atom is 0.270 e. The topological polar surface area (TPSA) is 106 Å².